The summed E-state index contributed by atoms with van der Waals surface area (Å²) >= 11 is 0. The Hall–Kier alpha value is -3.51. The molecule has 2 aliphatic carbocycles. The second-order valence-electron chi connectivity index (χ2n) is 9.43. The van der Waals surface area contributed by atoms with Gasteiger partial charge in [0.2, 0.25) is 23.7 Å². The van der Waals surface area contributed by atoms with Crippen molar-refractivity contribution in [2.75, 3.05) is 10.6 Å². The number of halogens is 5. The fourth-order valence-corrected chi connectivity index (χ4v) is 5.04. The number of primary amides is 1. The predicted octanol–water partition coefficient (Wildman–Crippen LogP) is 4.80. The highest BCUT2D eigenvalue weighted by molar-refractivity contribution is 5.78. The number of rotatable bonds is 6. The Morgan fingerprint density at radius 2 is 1.75 bits per heavy atom. The van der Waals surface area contributed by atoms with Crippen LogP contribution in [0.1, 0.15) is 51.0 Å². The lowest BCUT2D eigenvalue weighted by Crippen LogP contribution is -2.29. The van der Waals surface area contributed by atoms with Gasteiger partial charge in [0.25, 0.3) is 0 Å². The van der Waals surface area contributed by atoms with Crippen molar-refractivity contribution in [1.29, 1.82) is 0 Å². The Balaban J connectivity index is 1.52. The number of carbonyl (C=O) groups excluding carboxylic acids is 1. The van der Waals surface area contributed by atoms with E-state index in [1.165, 1.54) is 6.20 Å². The van der Waals surface area contributed by atoms with E-state index in [1.54, 1.807) is 4.57 Å². The number of aromatic nitrogens is 4. The number of carbonyl (C=O) groups is 1. The van der Waals surface area contributed by atoms with Gasteiger partial charge in [0, 0.05) is 43.0 Å². The smallest absolute Gasteiger partial charge is 0.250 e. The van der Waals surface area contributed by atoms with Gasteiger partial charge in [-0.3, -0.25) is 9.36 Å². The lowest BCUT2D eigenvalue weighted by atomic mass is 9.85. The molecule has 0 bridgehead atoms. The summed E-state index contributed by atoms with van der Waals surface area (Å²) in [6, 6.07) is 0.351. The maximum absolute atomic E-state index is 14.4. The molecule has 2 aliphatic rings. The summed E-state index contributed by atoms with van der Waals surface area (Å²) in [6.07, 6.45) is 3.15. The van der Waals surface area contributed by atoms with Crippen molar-refractivity contribution in [2.45, 2.75) is 63.0 Å². The summed E-state index contributed by atoms with van der Waals surface area (Å²) in [5.74, 6) is -6.58. The van der Waals surface area contributed by atoms with E-state index in [1.807, 2.05) is 0 Å². The zero-order valence-electron chi connectivity index (χ0n) is 19.1. The van der Waals surface area contributed by atoms with Crippen LogP contribution in [0.3, 0.4) is 0 Å². The van der Waals surface area contributed by atoms with Crippen molar-refractivity contribution >= 4 is 34.7 Å². The number of nitrogens with one attached hydrogen (secondary N) is 2. The van der Waals surface area contributed by atoms with Gasteiger partial charge < -0.3 is 16.4 Å². The van der Waals surface area contributed by atoms with E-state index in [4.69, 9.17) is 5.73 Å². The molecule has 4 N–H and O–H groups in total. The molecule has 36 heavy (non-hydrogen) atoms. The molecule has 1 amide bonds. The molecule has 1 atom stereocenters. The summed E-state index contributed by atoms with van der Waals surface area (Å²) in [5.41, 5.74) is 5.49. The quantitative estimate of drug-likeness (QED) is 0.412. The number of amides is 1. The SMILES string of the molecule is NC(=O)C1CCC(n2c(Nc3c(F)cc(F)cc3F)nc3cnc(NC4CCC(F)(F)C4)nc32)CC1. The van der Waals surface area contributed by atoms with Crippen LogP contribution in [0.4, 0.5) is 39.5 Å². The van der Waals surface area contributed by atoms with Crippen LogP contribution in [0.25, 0.3) is 11.2 Å². The van der Waals surface area contributed by atoms with Gasteiger partial charge in [-0.05, 0) is 32.1 Å². The molecule has 1 aromatic carbocycles. The molecule has 2 fully saturated rings. The number of fused-ring (bicyclic) bond motifs is 1. The third kappa shape index (κ3) is 4.78. The van der Waals surface area contributed by atoms with E-state index >= 15 is 0 Å². The summed E-state index contributed by atoms with van der Waals surface area (Å²) in [6.45, 7) is 0. The molecule has 2 heterocycles. The van der Waals surface area contributed by atoms with E-state index in [2.05, 4.69) is 25.6 Å². The molecule has 0 aliphatic heterocycles. The number of nitrogens with two attached hydrogens (primary N) is 1. The Kier molecular flexibility index (Phi) is 6.17. The molecule has 3 aromatic rings. The van der Waals surface area contributed by atoms with Gasteiger partial charge >= 0.3 is 0 Å². The number of hydrogen-bond acceptors (Lipinski definition) is 6. The van der Waals surface area contributed by atoms with Crippen molar-refractivity contribution in [2.24, 2.45) is 11.7 Å². The van der Waals surface area contributed by atoms with Crippen LogP contribution in [-0.4, -0.2) is 37.4 Å². The van der Waals surface area contributed by atoms with E-state index in [0.717, 1.165) is 0 Å². The highest BCUT2D eigenvalue weighted by atomic mass is 19.3. The van der Waals surface area contributed by atoms with Crippen molar-refractivity contribution in [3.63, 3.8) is 0 Å². The second kappa shape index (κ2) is 9.17. The summed E-state index contributed by atoms with van der Waals surface area (Å²) in [7, 11) is 0. The molecule has 2 saturated carbocycles. The average molecular weight is 509 g/mol. The molecule has 0 spiro atoms. The lowest BCUT2D eigenvalue weighted by Gasteiger charge is -2.29. The summed E-state index contributed by atoms with van der Waals surface area (Å²) in [5, 5.41) is 5.55. The van der Waals surface area contributed by atoms with E-state index in [0.29, 0.717) is 49.0 Å². The predicted molar refractivity (Wildman–Crippen MR) is 121 cm³/mol. The molecule has 5 rings (SSSR count). The minimum absolute atomic E-state index is 0.0517. The van der Waals surface area contributed by atoms with Gasteiger partial charge in [-0.25, -0.2) is 31.9 Å². The maximum Gasteiger partial charge on any atom is 0.250 e. The van der Waals surface area contributed by atoms with Crippen LogP contribution in [0, 0.1) is 23.4 Å². The minimum atomic E-state index is -2.75. The lowest BCUT2D eigenvalue weighted by molar-refractivity contribution is -0.122. The largest absolute Gasteiger partial charge is 0.369 e. The number of alkyl halides is 2. The standard InChI is InChI=1S/C23H24F5N7O/c24-12-7-15(25)18(16(26)8-12)33-22-32-17-10-30-21(31-13-5-6-23(27,28)9-13)34-20(17)35(22)14-3-1-11(2-4-14)19(29)36/h7-8,10-11,13-14H,1-6,9H2,(H2,29,36)(H,32,33)(H,30,31,34). The molecule has 192 valence electrons. The topological polar surface area (TPSA) is 111 Å². The number of anilines is 3. The first kappa shape index (κ1) is 24.2. The highest BCUT2D eigenvalue weighted by Gasteiger charge is 2.39. The fraction of sp³-hybridized carbons (Fsp3) is 0.478. The number of imidazole rings is 1. The Bertz CT molecular complexity index is 1280. The summed E-state index contributed by atoms with van der Waals surface area (Å²) < 4.78 is 71.1. The second-order valence-corrected chi connectivity index (χ2v) is 9.43. The molecule has 2 aromatic heterocycles. The number of benzene rings is 1. The van der Waals surface area contributed by atoms with E-state index < -0.39 is 35.1 Å². The van der Waals surface area contributed by atoms with Crippen LogP contribution >= 0.6 is 0 Å². The maximum atomic E-state index is 14.4. The molecular formula is C23H24F5N7O. The van der Waals surface area contributed by atoms with Crippen molar-refractivity contribution in [3.8, 4) is 0 Å². The van der Waals surface area contributed by atoms with Crippen LogP contribution in [0.2, 0.25) is 0 Å². The zero-order valence-corrected chi connectivity index (χ0v) is 19.1. The van der Waals surface area contributed by atoms with Crippen molar-refractivity contribution in [3.05, 3.63) is 35.8 Å². The van der Waals surface area contributed by atoms with Crippen molar-refractivity contribution < 1.29 is 26.7 Å². The van der Waals surface area contributed by atoms with Crippen LogP contribution in [0.5, 0.6) is 0 Å². The molecule has 8 nitrogen and oxygen atoms in total. The van der Waals surface area contributed by atoms with Gasteiger partial charge in [0.1, 0.15) is 17.0 Å². The average Bonchev–Trinajstić information content (AvgIpc) is 3.34. The summed E-state index contributed by atoms with van der Waals surface area (Å²) in [4.78, 5) is 24.7. The van der Waals surface area contributed by atoms with Crippen LogP contribution in [-0.2, 0) is 4.79 Å². The number of hydrogen-bond donors (Lipinski definition) is 3. The molecule has 0 saturated heterocycles. The molecule has 1 unspecified atom stereocenters. The minimum Gasteiger partial charge on any atom is -0.369 e. The Morgan fingerprint density at radius 3 is 2.36 bits per heavy atom. The van der Waals surface area contributed by atoms with Crippen LogP contribution in [0.15, 0.2) is 18.3 Å². The van der Waals surface area contributed by atoms with Crippen LogP contribution < -0.4 is 16.4 Å². The van der Waals surface area contributed by atoms with E-state index in [-0.39, 0.29) is 49.0 Å². The monoisotopic (exact) mass is 509 g/mol. The number of nitrogens with zero attached hydrogens (tertiary/aromatic N) is 4. The molecule has 13 heteroatoms. The first-order valence-electron chi connectivity index (χ1n) is 11.7. The first-order chi connectivity index (χ1) is 17.1. The third-order valence-corrected chi connectivity index (χ3v) is 6.88. The van der Waals surface area contributed by atoms with Gasteiger partial charge in [-0.2, -0.15) is 4.98 Å². The molecular weight excluding hydrogens is 485 g/mol. The zero-order chi connectivity index (χ0) is 25.6. The van der Waals surface area contributed by atoms with Gasteiger partial charge in [0.15, 0.2) is 17.3 Å². The van der Waals surface area contributed by atoms with E-state index in [9.17, 15) is 26.7 Å². The van der Waals surface area contributed by atoms with Gasteiger partial charge in [-0.15, -0.1) is 0 Å². The van der Waals surface area contributed by atoms with Gasteiger partial charge in [0.05, 0.1) is 6.20 Å². The van der Waals surface area contributed by atoms with Crippen molar-refractivity contribution in [1.82, 2.24) is 19.5 Å². The third-order valence-electron chi connectivity index (χ3n) is 6.88. The Morgan fingerprint density at radius 1 is 1.06 bits per heavy atom. The fourth-order valence-electron chi connectivity index (χ4n) is 5.04. The Labute approximate surface area is 202 Å². The van der Waals surface area contributed by atoms with Gasteiger partial charge in [-0.1, -0.05) is 0 Å². The first-order valence-corrected chi connectivity index (χ1v) is 11.7. The highest BCUT2D eigenvalue weighted by Crippen LogP contribution is 2.38. The molecule has 0 radical (unpaired) electrons. The normalized spacial score (nSPS) is 23.6.